The van der Waals surface area contributed by atoms with E-state index in [4.69, 9.17) is 11.6 Å². The Labute approximate surface area is 205 Å². The van der Waals surface area contributed by atoms with Gasteiger partial charge in [-0.25, -0.2) is 9.07 Å². The summed E-state index contributed by atoms with van der Waals surface area (Å²) in [5.41, 5.74) is 2.44. The predicted molar refractivity (Wildman–Crippen MR) is 131 cm³/mol. The fourth-order valence-corrected chi connectivity index (χ4v) is 4.12. The van der Waals surface area contributed by atoms with Gasteiger partial charge in [-0.3, -0.25) is 9.59 Å². The van der Waals surface area contributed by atoms with Crippen LogP contribution in [-0.4, -0.2) is 37.3 Å². The highest BCUT2D eigenvalue weighted by atomic mass is 35.5. The van der Waals surface area contributed by atoms with Gasteiger partial charge in [-0.15, -0.1) is 5.10 Å². The number of fused-ring (bicyclic) bond motifs is 1. The van der Waals surface area contributed by atoms with Crippen molar-refractivity contribution in [3.63, 3.8) is 0 Å². The van der Waals surface area contributed by atoms with Crippen molar-refractivity contribution in [1.82, 2.24) is 15.0 Å². The van der Waals surface area contributed by atoms with Gasteiger partial charge < -0.3 is 10.2 Å². The summed E-state index contributed by atoms with van der Waals surface area (Å²) in [4.78, 5) is 24.4. The van der Waals surface area contributed by atoms with Gasteiger partial charge in [0.25, 0.3) is 5.56 Å². The molecule has 4 aromatic rings. The topological polar surface area (TPSA) is 105 Å². The first-order valence-electron chi connectivity index (χ1n) is 11.1. The van der Waals surface area contributed by atoms with E-state index in [-0.39, 0.29) is 30.3 Å². The SMILES string of the molecule is O=C(O)[C@@H](CCn1nnc2cccc(F)c2c1=O)[C@H](O)CCc1ccc(-c2ccc(Cl)cc2)cc1. The van der Waals surface area contributed by atoms with Crippen molar-refractivity contribution in [3.05, 3.63) is 93.5 Å². The molecule has 2 N–H and O–H groups in total. The monoisotopic (exact) mass is 495 g/mol. The van der Waals surface area contributed by atoms with E-state index in [1.807, 2.05) is 48.5 Å². The largest absolute Gasteiger partial charge is 0.481 e. The van der Waals surface area contributed by atoms with Gasteiger partial charge in [0.05, 0.1) is 12.0 Å². The molecule has 4 rings (SSSR count). The third kappa shape index (κ3) is 5.72. The molecule has 0 radical (unpaired) electrons. The van der Waals surface area contributed by atoms with Crippen LogP contribution in [0.5, 0.6) is 0 Å². The molecule has 0 saturated carbocycles. The predicted octanol–water partition coefficient (Wildman–Crippen LogP) is 4.34. The van der Waals surface area contributed by atoms with Gasteiger partial charge in [0.2, 0.25) is 0 Å². The Morgan fingerprint density at radius 2 is 1.66 bits per heavy atom. The first-order valence-corrected chi connectivity index (χ1v) is 11.5. The molecule has 2 atom stereocenters. The maximum Gasteiger partial charge on any atom is 0.309 e. The Bertz CT molecular complexity index is 1390. The average molecular weight is 496 g/mol. The Balaban J connectivity index is 1.39. The summed E-state index contributed by atoms with van der Waals surface area (Å²) in [6, 6.07) is 19.4. The van der Waals surface area contributed by atoms with E-state index in [1.54, 1.807) is 0 Å². The van der Waals surface area contributed by atoms with E-state index in [0.717, 1.165) is 27.4 Å². The lowest BCUT2D eigenvalue weighted by atomic mass is 9.93. The number of benzene rings is 3. The van der Waals surface area contributed by atoms with Gasteiger partial charge in [-0.2, -0.15) is 0 Å². The normalized spacial score (nSPS) is 13.0. The van der Waals surface area contributed by atoms with Crippen molar-refractivity contribution >= 4 is 28.5 Å². The molecule has 0 amide bonds. The van der Waals surface area contributed by atoms with Crippen molar-refractivity contribution in [2.75, 3.05) is 0 Å². The van der Waals surface area contributed by atoms with Crippen LogP contribution in [0.2, 0.25) is 5.02 Å². The summed E-state index contributed by atoms with van der Waals surface area (Å²) in [5, 5.41) is 28.3. The molecule has 3 aromatic carbocycles. The summed E-state index contributed by atoms with van der Waals surface area (Å²) in [6.07, 6.45) is -0.485. The number of carboxylic acid groups (broad SMARTS) is 1. The van der Waals surface area contributed by atoms with Crippen molar-refractivity contribution in [2.24, 2.45) is 5.92 Å². The van der Waals surface area contributed by atoms with E-state index >= 15 is 0 Å². The zero-order valence-electron chi connectivity index (χ0n) is 18.6. The van der Waals surface area contributed by atoms with Crippen molar-refractivity contribution in [3.8, 4) is 11.1 Å². The quantitative estimate of drug-likeness (QED) is 0.358. The van der Waals surface area contributed by atoms with Crippen LogP contribution < -0.4 is 5.56 Å². The number of rotatable bonds is 9. The maximum atomic E-state index is 14.1. The van der Waals surface area contributed by atoms with Crippen LogP contribution in [0.4, 0.5) is 4.39 Å². The molecule has 0 unspecified atom stereocenters. The third-order valence-corrected chi connectivity index (χ3v) is 6.25. The average Bonchev–Trinajstić information content (AvgIpc) is 2.85. The first-order chi connectivity index (χ1) is 16.8. The minimum absolute atomic E-state index is 0.0550. The molecule has 0 aliphatic rings. The number of aliphatic hydroxyl groups is 1. The van der Waals surface area contributed by atoms with Crippen molar-refractivity contribution in [1.29, 1.82) is 0 Å². The standard InChI is InChI=1S/C26H23ClFN3O4/c27-19-11-9-18(10-12-19)17-7-4-16(5-8-17)6-13-23(32)20(26(34)35)14-15-31-25(33)24-21(28)2-1-3-22(24)29-30-31/h1-5,7-12,20,23,32H,6,13-15H2,(H,34,35)/t20-,23+/m0/s1. The molecular formula is C26H23ClFN3O4. The lowest BCUT2D eigenvalue weighted by Gasteiger charge is -2.19. The molecule has 0 aliphatic heterocycles. The van der Waals surface area contributed by atoms with Gasteiger partial charge in [0, 0.05) is 11.6 Å². The minimum atomic E-state index is -1.18. The Morgan fingerprint density at radius 3 is 2.31 bits per heavy atom. The van der Waals surface area contributed by atoms with Gasteiger partial charge in [-0.1, -0.05) is 59.3 Å². The van der Waals surface area contributed by atoms with E-state index in [2.05, 4.69) is 10.3 Å². The molecule has 0 aliphatic carbocycles. The van der Waals surface area contributed by atoms with Crippen LogP contribution >= 0.6 is 11.6 Å². The summed E-state index contributed by atoms with van der Waals surface area (Å²) in [5.74, 6) is -3.01. The second-order valence-corrected chi connectivity index (χ2v) is 8.73. The third-order valence-electron chi connectivity index (χ3n) is 5.99. The molecule has 0 spiro atoms. The van der Waals surface area contributed by atoms with Crippen LogP contribution in [0.1, 0.15) is 18.4 Å². The molecule has 0 bridgehead atoms. The number of aryl methyl sites for hydroxylation is 2. The molecule has 180 valence electrons. The Kier molecular flexibility index (Phi) is 7.53. The highest BCUT2D eigenvalue weighted by molar-refractivity contribution is 6.30. The van der Waals surface area contributed by atoms with Crippen LogP contribution in [0, 0.1) is 11.7 Å². The summed E-state index contributed by atoms with van der Waals surface area (Å²) >= 11 is 5.93. The fraction of sp³-hybridized carbons (Fsp3) is 0.231. The van der Waals surface area contributed by atoms with Gasteiger partial charge in [0.15, 0.2) is 0 Å². The Morgan fingerprint density at radius 1 is 1.00 bits per heavy atom. The molecule has 1 heterocycles. The van der Waals surface area contributed by atoms with Crippen LogP contribution in [0.25, 0.3) is 22.0 Å². The van der Waals surface area contributed by atoms with E-state index < -0.39 is 29.4 Å². The summed E-state index contributed by atoms with van der Waals surface area (Å²) in [7, 11) is 0. The second kappa shape index (κ2) is 10.8. The van der Waals surface area contributed by atoms with Gasteiger partial charge in [0.1, 0.15) is 16.7 Å². The second-order valence-electron chi connectivity index (χ2n) is 8.29. The first kappa shape index (κ1) is 24.5. The van der Waals surface area contributed by atoms with Gasteiger partial charge in [-0.05, 0) is 60.2 Å². The van der Waals surface area contributed by atoms with E-state index in [1.165, 1.54) is 12.1 Å². The number of carbonyl (C=O) groups is 1. The zero-order chi connectivity index (χ0) is 24.9. The summed E-state index contributed by atoms with van der Waals surface area (Å²) in [6.45, 7) is -0.111. The van der Waals surface area contributed by atoms with Crippen LogP contribution in [-0.2, 0) is 17.8 Å². The molecular weight excluding hydrogens is 473 g/mol. The van der Waals surface area contributed by atoms with Crippen molar-refractivity contribution in [2.45, 2.75) is 31.9 Å². The molecule has 1 aromatic heterocycles. The number of hydrogen-bond acceptors (Lipinski definition) is 5. The van der Waals surface area contributed by atoms with Crippen LogP contribution in [0.15, 0.2) is 71.5 Å². The van der Waals surface area contributed by atoms with E-state index in [0.29, 0.717) is 11.4 Å². The minimum Gasteiger partial charge on any atom is -0.481 e. The highest BCUT2D eigenvalue weighted by Gasteiger charge is 2.26. The number of nitrogens with zero attached hydrogens (tertiary/aromatic N) is 3. The molecule has 0 saturated heterocycles. The van der Waals surface area contributed by atoms with Crippen LogP contribution in [0.3, 0.4) is 0 Å². The smallest absolute Gasteiger partial charge is 0.309 e. The number of hydrogen-bond donors (Lipinski definition) is 2. The molecule has 0 fully saturated rings. The number of carboxylic acids is 1. The van der Waals surface area contributed by atoms with Gasteiger partial charge >= 0.3 is 5.97 Å². The zero-order valence-corrected chi connectivity index (χ0v) is 19.4. The lowest BCUT2D eigenvalue weighted by molar-refractivity contribution is -0.146. The van der Waals surface area contributed by atoms with E-state index in [9.17, 15) is 24.2 Å². The number of aliphatic carboxylic acids is 1. The maximum absolute atomic E-state index is 14.1. The fourth-order valence-electron chi connectivity index (χ4n) is 3.99. The number of halogens is 2. The Hall–Kier alpha value is -3.62. The summed E-state index contributed by atoms with van der Waals surface area (Å²) < 4.78 is 15.0. The van der Waals surface area contributed by atoms with Crippen molar-refractivity contribution < 1.29 is 19.4 Å². The lowest BCUT2D eigenvalue weighted by Crippen LogP contribution is -2.32. The highest BCUT2D eigenvalue weighted by Crippen LogP contribution is 2.23. The number of aliphatic hydroxyl groups excluding tert-OH is 1. The molecule has 9 heteroatoms. The molecule has 7 nitrogen and oxygen atoms in total. The molecule has 35 heavy (non-hydrogen) atoms. The number of aromatic nitrogens is 3.